The molecule has 0 unspecified atom stereocenters. The summed E-state index contributed by atoms with van der Waals surface area (Å²) < 4.78 is 9.36. The summed E-state index contributed by atoms with van der Waals surface area (Å²) in [5.41, 5.74) is 7.26. The lowest BCUT2D eigenvalue weighted by Crippen LogP contribution is -2.30. The monoisotopic (exact) mass is 360 g/mol. The van der Waals surface area contributed by atoms with Gasteiger partial charge in [-0.3, -0.25) is 10.2 Å². The van der Waals surface area contributed by atoms with Crippen molar-refractivity contribution in [3.63, 3.8) is 0 Å². The molecule has 0 saturated carbocycles. The molecule has 136 valence electrons. The van der Waals surface area contributed by atoms with E-state index in [-0.39, 0.29) is 12.2 Å². The van der Waals surface area contributed by atoms with Crippen LogP contribution in [0.2, 0.25) is 0 Å². The van der Waals surface area contributed by atoms with Crippen LogP contribution in [0, 0.1) is 5.41 Å². The Hall–Kier alpha value is -3.54. The zero-order valence-electron chi connectivity index (χ0n) is 14.8. The van der Waals surface area contributed by atoms with E-state index in [1.54, 1.807) is 4.57 Å². The molecule has 27 heavy (non-hydrogen) atoms. The minimum atomic E-state index is -0.469. The average molecular weight is 360 g/mol. The van der Waals surface area contributed by atoms with E-state index in [0.717, 1.165) is 22.2 Å². The minimum Gasteiger partial charge on any atom is -0.492 e. The molecule has 3 N–H and O–H groups in total. The zero-order valence-corrected chi connectivity index (χ0v) is 14.8. The lowest BCUT2D eigenvalue weighted by Gasteiger charge is -2.09. The molecule has 1 heterocycles. The summed E-state index contributed by atoms with van der Waals surface area (Å²) >= 11 is 0. The highest BCUT2D eigenvalue weighted by Gasteiger charge is 2.12. The van der Waals surface area contributed by atoms with Crippen molar-refractivity contribution < 1.29 is 9.53 Å². The SMILES string of the molecule is N=c1n(CCOc2ccc3ccccc3c2)c2ccccc2n1CC(N)=O. The van der Waals surface area contributed by atoms with Crippen LogP contribution in [0.1, 0.15) is 0 Å². The topological polar surface area (TPSA) is 86.0 Å². The van der Waals surface area contributed by atoms with Gasteiger partial charge in [0.25, 0.3) is 0 Å². The summed E-state index contributed by atoms with van der Waals surface area (Å²) in [4.78, 5) is 11.4. The third kappa shape index (κ3) is 3.29. The lowest BCUT2D eigenvalue weighted by molar-refractivity contribution is -0.118. The second-order valence-electron chi connectivity index (χ2n) is 6.37. The number of carbonyl (C=O) groups excluding carboxylic acids is 1. The summed E-state index contributed by atoms with van der Waals surface area (Å²) in [5.74, 6) is 0.325. The predicted octanol–water partition coefficient (Wildman–Crippen LogP) is 2.64. The number of para-hydroxylation sites is 2. The van der Waals surface area contributed by atoms with Crippen molar-refractivity contribution in [3.05, 3.63) is 72.3 Å². The van der Waals surface area contributed by atoms with Crippen molar-refractivity contribution in [2.24, 2.45) is 5.73 Å². The summed E-state index contributed by atoms with van der Waals surface area (Å²) in [6.45, 7) is 0.898. The number of carbonyl (C=O) groups is 1. The van der Waals surface area contributed by atoms with E-state index in [1.807, 2.05) is 59.2 Å². The number of hydrogen-bond donors (Lipinski definition) is 2. The molecule has 4 aromatic rings. The van der Waals surface area contributed by atoms with Gasteiger partial charge < -0.3 is 19.6 Å². The Morgan fingerprint density at radius 1 is 0.926 bits per heavy atom. The Balaban J connectivity index is 1.57. The quantitative estimate of drug-likeness (QED) is 0.554. The summed E-state index contributed by atoms with van der Waals surface area (Å²) in [7, 11) is 0. The molecule has 6 nitrogen and oxygen atoms in total. The number of benzene rings is 3. The Bertz CT molecular complexity index is 1190. The summed E-state index contributed by atoms with van der Waals surface area (Å²) in [6.07, 6.45) is 0. The van der Waals surface area contributed by atoms with Crippen LogP contribution >= 0.6 is 0 Å². The number of nitrogens with one attached hydrogen (secondary N) is 1. The van der Waals surface area contributed by atoms with Crippen LogP contribution in [-0.2, 0) is 17.9 Å². The fourth-order valence-electron chi connectivity index (χ4n) is 3.35. The Morgan fingerprint density at radius 2 is 1.59 bits per heavy atom. The molecule has 3 aromatic carbocycles. The molecule has 0 radical (unpaired) electrons. The van der Waals surface area contributed by atoms with Gasteiger partial charge in [0.2, 0.25) is 11.5 Å². The van der Waals surface area contributed by atoms with Gasteiger partial charge in [0.1, 0.15) is 18.9 Å². The van der Waals surface area contributed by atoms with Gasteiger partial charge in [-0.05, 0) is 35.0 Å². The van der Waals surface area contributed by atoms with Gasteiger partial charge in [0.05, 0.1) is 17.6 Å². The Kier molecular flexibility index (Phi) is 4.38. The molecular weight excluding hydrogens is 340 g/mol. The summed E-state index contributed by atoms with van der Waals surface area (Å²) in [5, 5.41) is 10.7. The molecule has 0 aliphatic carbocycles. The van der Waals surface area contributed by atoms with Gasteiger partial charge >= 0.3 is 0 Å². The average Bonchev–Trinajstić information content (AvgIpc) is 2.93. The number of imidazole rings is 1. The highest BCUT2D eigenvalue weighted by Crippen LogP contribution is 2.20. The van der Waals surface area contributed by atoms with Crippen molar-refractivity contribution in [1.82, 2.24) is 9.13 Å². The molecule has 0 atom stereocenters. The second-order valence-corrected chi connectivity index (χ2v) is 6.37. The van der Waals surface area contributed by atoms with Crippen LogP contribution in [0.15, 0.2) is 66.7 Å². The minimum absolute atomic E-state index is 0.0160. The first kappa shape index (κ1) is 16.9. The standard InChI is InChI=1S/C21H20N4O2/c22-20(26)14-25-19-8-4-3-7-18(19)24(21(25)23)11-12-27-17-10-9-15-5-1-2-6-16(15)13-17/h1-10,13,23H,11-12,14H2,(H2,22,26). The van der Waals surface area contributed by atoms with Crippen LogP contribution in [0.25, 0.3) is 21.8 Å². The van der Waals surface area contributed by atoms with E-state index in [4.69, 9.17) is 15.9 Å². The molecule has 0 aliphatic heterocycles. The second kappa shape index (κ2) is 6.99. The number of nitrogens with zero attached hydrogens (tertiary/aromatic N) is 2. The lowest BCUT2D eigenvalue weighted by atomic mass is 10.1. The highest BCUT2D eigenvalue weighted by atomic mass is 16.5. The van der Waals surface area contributed by atoms with Crippen molar-refractivity contribution in [1.29, 1.82) is 5.41 Å². The van der Waals surface area contributed by atoms with E-state index >= 15 is 0 Å². The van der Waals surface area contributed by atoms with Crippen molar-refractivity contribution in [2.45, 2.75) is 13.1 Å². The van der Waals surface area contributed by atoms with Crippen LogP contribution in [-0.4, -0.2) is 21.6 Å². The number of ether oxygens (including phenoxy) is 1. The smallest absolute Gasteiger partial charge is 0.237 e. The van der Waals surface area contributed by atoms with Gasteiger partial charge in [-0.25, -0.2) is 0 Å². The van der Waals surface area contributed by atoms with Gasteiger partial charge in [-0.1, -0.05) is 42.5 Å². The molecule has 6 heteroatoms. The van der Waals surface area contributed by atoms with E-state index in [2.05, 4.69) is 12.1 Å². The van der Waals surface area contributed by atoms with E-state index in [9.17, 15) is 4.79 Å². The summed E-state index contributed by atoms with van der Waals surface area (Å²) in [6, 6.07) is 21.7. The van der Waals surface area contributed by atoms with Crippen molar-refractivity contribution >= 4 is 27.7 Å². The Morgan fingerprint density at radius 3 is 2.33 bits per heavy atom. The van der Waals surface area contributed by atoms with Crippen LogP contribution < -0.4 is 16.1 Å². The maximum absolute atomic E-state index is 11.4. The molecule has 1 amide bonds. The number of fused-ring (bicyclic) bond motifs is 2. The van der Waals surface area contributed by atoms with Crippen LogP contribution in [0.4, 0.5) is 0 Å². The van der Waals surface area contributed by atoms with E-state index in [0.29, 0.717) is 13.2 Å². The van der Waals surface area contributed by atoms with Crippen molar-refractivity contribution in [2.75, 3.05) is 6.61 Å². The van der Waals surface area contributed by atoms with E-state index < -0.39 is 5.91 Å². The fraction of sp³-hybridized carbons (Fsp3) is 0.143. The molecule has 0 fully saturated rings. The molecule has 0 spiro atoms. The maximum atomic E-state index is 11.4. The number of hydrogen-bond acceptors (Lipinski definition) is 3. The van der Waals surface area contributed by atoms with Gasteiger partial charge in [-0.2, -0.15) is 0 Å². The largest absolute Gasteiger partial charge is 0.492 e. The zero-order chi connectivity index (χ0) is 18.8. The maximum Gasteiger partial charge on any atom is 0.237 e. The van der Waals surface area contributed by atoms with Gasteiger partial charge in [0.15, 0.2) is 0 Å². The van der Waals surface area contributed by atoms with E-state index in [1.165, 1.54) is 5.39 Å². The molecule has 0 saturated heterocycles. The molecule has 0 aliphatic rings. The van der Waals surface area contributed by atoms with Gasteiger partial charge in [-0.15, -0.1) is 0 Å². The molecule has 0 bridgehead atoms. The number of rotatable bonds is 6. The van der Waals surface area contributed by atoms with Crippen LogP contribution in [0.5, 0.6) is 5.75 Å². The first-order chi connectivity index (χ1) is 13.1. The van der Waals surface area contributed by atoms with Crippen molar-refractivity contribution in [3.8, 4) is 5.75 Å². The molecular formula is C21H20N4O2. The third-order valence-corrected chi connectivity index (χ3v) is 4.59. The number of aromatic nitrogens is 2. The van der Waals surface area contributed by atoms with Crippen LogP contribution in [0.3, 0.4) is 0 Å². The number of nitrogens with two attached hydrogens (primary N) is 1. The Labute approximate surface area is 155 Å². The predicted molar refractivity (Wildman–Crippen MR) is 104 cm³/mol. The first-order valence-corrected chi connectivity index (χ1v) is 8.76. The highest BCUT2D eigenvalue weighted by molar-refractivity contribution is 5.83. The number of primary amides is 1. The molecule has 1 aromatic heterocycles. The normalized spacial score (nSPS) is 11.1. The first-order valence-electron chi connectivity index (χ1n) is 8.76. The molecule has 4 rings (SSSR count). The third-order valence-electron chi connectivity index (χ3n) is 4.59. The number of amides is 1. The van der Waals surface area contributed by atoms with Gasteiger partial charge in [0, 0.05) is 0 Å². The fourth-order valence-corrected chi connectivity index (χ4v) is 3.35.